The summed E-state index contributed by atoms with van der Waals surface area (Å²) in [6.45, 7) is 3.63. The highest BCUT2D eigenvalue weighted by Gasteiger charge is 2.22. The number of hydrogen-bond donors (Lipinski definition) is 1. The predicted octanol–water partition coefficient (Wildman–Crippen LogP) is 3.99. The number of carbonyl (C=O) groups is 1. The average Bonchev–Trinajstić information content (AvgIpc) is 3.13. The summed E-state index contributed by atoms with van der Waals surface area (Å²) in [6, 6.07) is 23.4. The van der Waals surface area contributed by atoms with Gasteiger partial charge in [-0.25, -0.2) is 4.68 Å². The third-order valence-electron chi connectivity index (χ3n) is 6.98. The first kappa shape index (κ1) is 23.5. The molecule has 2 aromatic carbocycles. The molecule has 0 saturated carbocycles. The zero-order valence-electron chi connectivity index (χ0n) is 20.6. The summed E-state index contributed by atoms with van der Waals surface area (Å²) in [4.78, 5) is 28.2. The molecule has 0 aliphatic carbocycles. The first-order chi connectivity index (χ1) is 17.5. The van der Waals surface area contributed by atoms with E-state index in [1.807, 2.05) is 36.4 Å². The first-order valence-electron chi connectivity index (χ1n) is 12.3. The molecular weight excluding hydrogens is 452 g/mol. The predicted molar refractivity (Wildman–Crippen MR) is 141 cm³/mol. The van der Waals surface area contributed by atoms with Crippen LogP contribution in [0.3, 0.4) is 0 Å². The van der Waals surface area contributed by atoms with Gasteiger partial charge in [-0.05, 0) is 61.9 Å². The number of benzene rings is 2. The molecule has 4 aromatic rings. The lowest BCUT2D eigenvalue weighted by atomic mass is 9.90. The zero-order valence-corrected chi connectivity index (χ0v) is 20.6. The normalized spacial score (nSPS) is 14.1. The van der Waals surface area contributed by atoms with Gasteiger partial charge in [0.25, 0.3) is 11.5 Å². The van der Waals surface area contributed by atoms with Crippen molar-refractivity contribution in [2.75, 3.05) is 23.3 Å². The average molecular weight is 483 g/mol. The van der Waals surface area contributed by atoms with Crippen molar-refractivity contribution >= 4 is 17.4 Å². The molecule has 1 aliphatic rings. The van der Waals surface area contributed by atoms with E-state index >= 15 is 0 Å². The highest BCUT2D eigenvalue weighted by Crippen LogP contribution is 2.24. The number of para-hydroxylation sites is 1. The Morgan fingerprint density at radius 1 is 0.944 bits per heavy atom. The quantitative estimate of drug-likeness (QED) is 0.449. The van der Waals surface area contributed by atoms with Crippen LogP contribution < -0.4 is 15.8 Å². The Balaban J connectivity index is 1.23. The SMILES string of the molecule is Cc1c(NC(=O)c2ccc(N3CCC(Cc4ccccc4)CC3)nn2)c(=O)n(-c2ccccc2)n1C. The summed E-state index contributed by atoms with van der Waals surface area (Å²) in [5, 5.41) is 11.2. The number of nitrogens with zero attached hydrogens (tertiary/aromatic N) is 5. The number of carbonyl (C=O) groups excluding carboxylic acids is 1. The van der Waals surface area contributed by atoms with Crippen LogP contribution in [0.15, 0.2) is 77.6 Å². The Bertz CT molecular complexity index is 1390. The molecule has 2 aromatic heterocycles. The van der Waals surface area contributed by atoms with Crippen LogP contribution in [-0.2, 0) is 13.5 Å². The summed E-state index contributed by atoms with van der Waals surface area (Å²) in [7, 11) is 1.79. The molecule has 36 heavy (non-hydrogen) atoms. The fourth-order valence-electron chi connectivity index (χ4n) is 4.82. The molecule has 5 rings (SSSR count). The van der Waals surface area contributed by atoms with E-state index in [0.717, 1.165) is 43.9 Å². The minimum atomic E-state index is -0.457. The number of aromatic nitrogens is 4. The maximum absolute atomic E-state index is 13.1. The summed E-state index contributed by atoms with van der Waals surface area (Å²) in [6.07, 6.45) is 3.30. The molecule has 0 spiro atoms. The summed E-state index contributed by atoms with van der Waals surface area (Å²) in [5.41, 5.74) is 2.88. The van der Waals surface area contributed by atoms with Crippen LogP contribution in [0.2, 0.25) is 0 Å². The largest absolute Gasteiger partial charge is 0.355 e. The zero-order chi connectivity index (χ0) is 25.1. The third kappa shape index (κ3) is 4.79. The summed E-state index contributed by atoms with van der Waals surface area (Å²) >= 11 is 0. The van der Waals surface area contributed by atoms with E-state index in [0.29, 0.717) is 11.6 Å². The lowest BCUT2D eigenvalue weighted by Crippen LogP contribution is -2.35. The molecule has 1 saturated heterocycles. The van der Waals surface area contributed by atoms with Crippen molar-refractivity contribution in [2.45, 2.75) is 26.2 Å². The highest BCUT2D eigenvalue weighted by atomic mass is 16.2. The van der Waals surface area contributed by atoms with Crippen LogP contribution in [-0.4, -0.2) is 38.6 Å². The second-order valence-corrected chi connectivity index (χ2v) is 9.29. The topological polar surface area (TPSA) is 85.1 Å². The van der Waals surface area contributed by atoms with Crippen molar-refractivity contribution in [1.82, 2.24) is 19.6 Å². The Hall–Kier alpha value is -4.20. The number of piperidine rings is 1. The fourth-order valence-corrected chi connectivity index (χ4v) is 4.82. The van der Waals surface area contributed by atoms with Crippen molar-refractivity contribution in [3.63, 3.8) is 0 Å². The van der Waals surface area contributed by atoms with Crippen LogP contribution in [0.4, 0.5) is 11.5 Å². The Labute approximate surface area is 210 Å². The van der Waals surface area contributed by atoms with E-state index in [1.54, 1.807) is 24.7 Å². The second-order valence-electron chi connectivity index (χ2n) is 9.29. The van der Waals surface area contributed by atoms with E-state index in [1.165, 1.54) is 10.2 Å². The molecule has 3 heterocycles. The molecule has 1 amide bonds. The minimum absolute atomic E-state index is 0.173. The van der Waals surface area contributed by atoms with Gasteiger partial charge in [-0.3, -0.25) is 14.3 Å². The van der Waals surface area contributed by atoms with Crippen LogP contribution in [0.1, 0.15) is 34.6 Å². The molecule has 1 aliphatic heterocycles. The number of rotatable bonds is 6. The van der Waals surface area contributed by atoms with Crippen LogP contribution >= 0.6 is 0 Å². The van der Waals surface area contributed by atoms with Gasteiger partial charge >= 0.3 is 0 Å². The van der Waals surface area contributed by atoms with Gasteiger partial charge in [-0.1, -0.05) is 48.5 Å². The number of nitrogens with one attached hydrogen (secondary N) is 1. The number of amides is 1. The van der Waals surface area contributed by atoms with Gasteiger partial charge in [-0.15, -0.1) is 10.2 Å². The molecule has 0 bridgehead atoms. The van der Waals surface area contributed by atoms with Gasteiger partial charge in [0.1, 0.15) is 5.69 Å². The molecule has 0 unspecified atom stereocenters. The minimum Gasteiger partial charge on any atom is -0.355 e. The highest BCUT2D eigenvalue weighted by molar-refractivity contribution is 6.03. The van der Waals surface area contributed by atoms with Crippen LogP contribution in [0, 0.1) is 12.8 Å². The number of anilines is 2. The number of hydrogen-bond acceptors (Lipinski definition) is 5. The fraction of sp³-hybridized carbons (Fsp3) is 0.286. The van der Waals surface area contributed by atoms with Gasteiger partial charge in [0.05, 0.1) is 11.4 Å². The van der Waals surface area contributed by atoms with E-state index in [2.05, 4.69) is 50.7 Å². The van der Waals surface area contributed by atoms with Crippen molar-refractivity contribution in [2.24, 2.45) is 13.0 Å². The van der Waals surface area contributed by atoms with Gasteiger partial charge in [-0.2, -0.15) is 0 Å². The van der Waals surface area contributed by atoms with E-state index in [4.69, 9.17) is 0 Å². The smallest absolute Gasteiger partial charge is 0.295 e. The van der Waals surface area contributed by atoms with Gasteiger partial charge < -0.3 is 10.2 Å². The molecule has 184 valence electrons. The lowest BCUT2D eigenvalue weighted by Gasteiger charge is -2.32. The first-order valence-corrected chi connectivity index (χ1v) is 12.3. The second kappa shape index (κ2) is 10.2. The van der Waals surface area contributed by atoms with Crippen LogP contribution in [0.5, 0.6) is 0 Å². The molecule has 8 heteroatoms. The Morgan fingerprint density at radius 2 is 1.61 bits per heavy atom. The van der Waals surface area contributed by atoms with Gasteiger partial charge in [0, 0.05) is 20.1 Å². The molecule has 0 radical (unpaired) electrons. The van der Waals surface area contributed by atoms with E-state index in [9.17, 15) is 9.59 Å². The van der Waals surface area contributed by atoms with E-state index < -0.39 is 5.91 Å². The lowest BCUT2D eigenvalue weighted by molar-refractivity contribution is 0.102. The Morgan fingerprint density at radius 3 is 2.25 bits per heavy atom. The van der Waals surface area contributed by atoms with Crippen LogP contribution in [0.25, 0.3) is 5.69 Å². The summed E-state index contributed by atoms with van der Waals surface area (Å²) < 4.78 is 3.25. The van der Waals surface area contributed by atoms with Crippen molar-refractivity contribution in [3.8, 4) is 5.69 Å². The van der Waals surface area contributed by atoms with Gasteiger partial charge in [0.2, 0.25) is 0 Å². The molecule has 8 nitrogen and oxygen atoms in total. The van der Waals surface area contributed by atoms with Crippen molar-refractivity contribution in [3.05, 3.63) is 100 Å². The molecule has 1 fully saturated rings. The monoisotopic (exact) mass is 482 g/mol. The maximum atomic E-state index is 13.1. The standard InChI is InChI=1S/C28H30N6O2/c1-20-26(28(36)34(32(20)2)23-11-7-4-8-12-23)29-27(35)24-13-14-25(31-30-24)33-17-15-22(16-18-33)19-21-9-5-3-6-10-21/h3-14,22H,15-19H2,1-2H3,(H,29,35). The Kier molecular flexibility index (Phi) is 6.66. The van der Waals surface area contributed by atoms with Crippen molar-refractivity contribution < 1.29 is 4.79 Å². The molecule has 1 N–H and O–H groups in total. The summed E-state index contributed by atoms with van der Waals surface area (Å²) in [5.74, 6) is 0.976. The third-order valence-corrected chi connectivity index (χ3v) is 6.98. The molecular formula is C28H30N6O2. The van der Waals surface area contributed by atoms with Crippen molar-refractivity contribution in [1.29, 1.82) is 0 Å². The maximum Gasteiger partial charge on any atom is 0.295 e. The van der Waals surface area contributed by atoms with E-state index in [-0.39, 0.29) is 16.9 Å². The van der Waals surface area contributed by atoms with Gasteiger partial charge in [0.15, 0.2) is 11.5 Å². The molecule has 0 atom stereocenters.